The third-order valence-electron chi connectivity index (χ3n) is 3.03. The van der Waals surface area contributed by atoms with E-state index in [1.807, 2.05) is 30.3 Å². The highest BCUT2D eigenvalue weighted by Gasteiger charge is 2.34. The summed E-state index contributed by atoms with van der Waals surface area (Å²) >= 11 is 5.44. The molecule has 96 valence electrons. The first-order valence-corrected chi connectivity index (χ1v) is 6.39. The van der Waals surface area contributed by atoms with Gasteiger partial charge in [0.05, 0.1) is 5.92 Å². The fourth-order valence-electron chi connectivity index (χ4n) is 1.86. The second-order valence-electron chi connectivity index (χ2n) is 4.33. The highest BCUT2D eigenvalue weighted by atomic mass is 35.5. The lowest BCUT2D eigenvalue weighted by Crippen LogP contribution is -2.56. The monoisotopic (exact) mass is 266 g/mol. The van der Waals surface area contributed by atoms with Gasteiger partial charge in [-0.3, -0.25) is 9.59 Å². The van der Waals surface area contributed by atoms with Gasteiger partial charge in [0.15, 0.2) is 0 Å². The van der Waals surface area contributed by atoms with Crippen molar-refractivity contribution in [3.05, 3.63) is 35.9 Å². The number of nitrogens with one attached hydrogen (secondary N) is 1. The summed E-state index contributed by atoms with van der Waals surface area (Å²) < 4.78 is 0. The third kappa shape index (κ3) is 3.01. The maximum Gasteiger partial charge on any atom is 0.237 e. The van der Waals surface area contributed by atoms with Gasteiger partial charge in [0.25, 0.3) is 0 Å². The summed E-state index contributed by atoms with van der Waals surface area (Å²) in [5.74, 6) is -0.222. The number of likely N-dealkylation sites (tertiary alicyclic amines) is 1. The molecule has 1 aromatic rings. The summed E-state index contributed by atoms with van der Waals surface area (Å²) in [6.45, 7) is 1.48. The number of alkyl halides is 1. The Kier molecular flexibility index (Phi) is 4.20. The van der Waals surface area contributed by atoms with E-state index in [4.69, 9.17) is 11.6 Å². The van der Waals surface area contributed by atoms with Gasteiger partial charge in [-0.05, 0) is 5.56 Å². The summed E-state index contributed by atoms with van der Waals surface area (Å²) in [5.41, 5.74) is 1.07. The van der Waals surface area contributed by atoms with Crippen LogP contribution in [0.4, 0.5) is 0 Å². The fraction of sp³-hybridized carbons (Fsp3) is 0.385. The van der Waals surface area contributed by atoms with Crippen LogP contribution in [0, 0.1) is 5.92 Å². The summed E-state index contributed by atoms with van der Waals surface area (Å²) in [4.78, 5) is 24.6. The lowest BCUT2D eigenvalue weighted by atomic mass is 9.99. The van der Waals surface area contributed by atoms with Crippen molar-refractivity contribution < 1.29 is 9.59 Å². The van der Waals surface area contributed by atoms with Crippen LogP contribution in [0.2, 0.25) is 0 Å². The highest BCUT2D eigenvalue weighted by Crippen LogP contribution is 2.16. The fourth-order valence-corrected chi connectivity index (χ4v) is 2.03. The van der Waals surface area contributed by atoms with E-state index in [9.17, 15) is 9.59 Å². The van der Waals surface area contributed by atoms with Crippen molar-refractivity contribution >= 4 is 23.4 Å². The van der Waals surface area contributed by atoms with Crippen LogP contribution >= 0.6 is 11.6 Å². The number of nitrogens with zero attached hydrogens (tertiary/aromatic N) is 1. The van der Waals surface area contributed by atoms with Crippen molar-refractivity contribution in [1.29, 1.82) is 0 Å². The van der Waals surface area contributed by atoms with Gasteiger partial charge in [0.2, 0.25) is 11.8 Å². The Morgan fingerprint density at radius 3 is 2.56 bits per heavy atom. The average Bonchev–Trinajstić information content (AvgIpc) is 2.35. The molecule has 1 aromatic carbocycles. The molecule has 18 heavy (non-hydrogen) atoms. The van der Waals surface area contributed by atoms with E-state index in [0.29, 0.717) is 19.6 Å². The van der Waals surface area contributed by atoms with E-state index < -0.39 is 0 Å². The minimum atomic E-state index is -0.108. The quantitative estimate of drug-likeness (QED) is 0.827. The largest absolute Gasteiger partial charge is 0.352 e. The van der Waals surface area contributed by atoms with Crippen molar-refractivity contribution in [1.82, 2.24) is 10.2 Å². The molecule has 1 aliphatic rings. The number of carbonyl (C=O) groups excluding carboxylic acids is 2. The number of carbonyl (C=O) groups is 2. The van der Waals surface area contributed by atoms with E-state index in [-0.39, 0.29) is 23.6 Å². The maximum absolute atomic E-state index is 11.8. The van der Waals surface area contributed by atoms with Gasteiger partial charge in [0.1, 0.15) is 5.88 Å². The van der Waals surface area contributed by atoms with Crippen LogP contribution in [-0.2, 0) is 16.1 Å². The van der Waals surface area contributed by atoms with E-state index in [1.54, 1.807) is 4.90 Å². The number of benzene rings is 1. The summed E-state index contributed by atoms with van der Waals surface area (Å²) in [6, 6.07) is 9.74. The molecule has 0 spiro atoms. The molecular weight excluding hydrogens is 252 g/mol. The Hall–Kier alpha value is -1.55. The van der Waals surface area contributed by atoms with Gasteiger partial charge in [-0.15, -0.1) is 11.6 Å². The molecule has 0 atom stereocenters. The van der Waals surface area contributed by atoms with Crippen molar-refractivity contribution in [3.8, 4) is 0 Å². The number of hydrogen-bond acceptors (Lipinski definition) is 2. The zero-order chi connectivity index (χ0) is 13.0. The Bertz CT molecular complexity index is 430. The highest BCUT2D eigenvalue weighted by molar-refractivity contribution is 6.27. The standard InChI is InChI=1S/C13H15ClN2O2/c14-6-12(17)16-8-11(9-16)13(18)15-7-10-4-2-1-3-5-10/h1-5,11H,6-9H2,(H,15,18). The smallest absolute Gasteiger partial charge is 0.237 e. The van der Waals surface area contributed by atoms with Gasteiger partial charge >= 0.3 is 0 Å². The van der Waals surface area contributed by atoms with E-state index in [2.05, 4.69) is 5.32 Å². The van der Waals surface area contributed by atoms with Gasteiger partial charge < -0.3 is 10.2 Å². The molecule has 0 bridgehead atoms. The molecular formula is C13H15ClN2O2. The molecule has 0 radical (unpaired) electrons. The predicted octanol–water partition coefficient (Wildman–Crippen LogP) is 1.000. The average molecular weight is 267 g/mol. The lowest BCUT2D eigenvalue weighted by Gasteiger charge is -2.37. The van der Waals surface area contributed by atoms with Crippen LogP contribution in [0.1, 0.15) is 5.56 Å². The van der Waals surface area contributed by atoms with Gasteiger partial charge in [0, 0.05) is 19.6 Å². The Morgan fingerprint density at radius 1 is 1.28 bits per heavy atom. The molecule has 2 amide bonds. The second kappa shape index (κ2) is 5.87. The number of halogens is 1. The normalized spacial score (nSPS) is 15.1. The molecule has 0 aliphatic carbocycles. The van der Waals surface area contributed by atoms with E-state index in [0.717, 1.165) is 5.56 Å². The van der Waals surface area contributed by atoms with Crippen LogP contribution in [0.3, 0.4) is 0 Å². The summed E-state index contributed by atoms with van der Waals surface area (Å²) in [7, 11) is 0. The summed E-state index contributed by atoms with van der Waals surface area (Å²) in [6.07, 6.45) is 0. The predicted molar refractivity (Wildman–Crippen MR) is 69.1 cm³/mol. The molecule has 2 rings (SSSR count). The second-order valence-corrected chi connectivity index (χ2v) is 4.60. The Labute approximate surface area is 111 Å². The number of amides is 2. The Morgan fingerprint density at radius 2 is 1.94 bits per heavy atom. The van der Waals surface area contributed by atoms with Crippen LogP contribution in [0.25, 0.3) is 0 Å². The van der Waals surface area contributed by atoms with Gasteiger partial charge in [-0.2, -0.15) is 0 Å². The first-order chi connectivity index (χ1) is 8.70. The van der Waals surface area contributed by atoms with Crippen LogP contribution in [-0.4, -0.2) is 35.7 Å². The van der Waals surface area contributed by atoms with Crippen molar-refractivity contribution in [2.45, 2.75) is 6.54 Å². The van der Waals surface area contributed by atoms with Gasteiger partial charge in [-0.25, -0.2) is 0 Å². The number of hydrogen-bond donors (Lipinski definition) is 1. The molecule has 1 fully saturated rings. The number of rotatable bonds is 4. The summed E-state index contributed by atoms with van der Waals surface area (Å²) in [5, 5.41) is 2.87. The SMILES string of the molecule is O=C(NCc1ccccc1)C1CN(C(=O)CCl)C1. The third-order valence-corrected chi connectivity index (χ3v) is 3.26. The van der Waals surface area contributed by atoms with Crippen LogP contribution in [0.5, 0.6) is 0 Å². The first kappa shape index (κ1) is 12.9. The minimum absolute atomic E-state index is 0.00234. The van der Waals surface area contributed by atoms with Crippen molar-refractivity contribution in [2.24, 2.45) is 5.92 Å². The molecule has 1 N–H and O–H groups in total. The molecule has 0 saturated carbocycles. The molecule has 1 heterocycles. The molecule has 5 heteroatoms. The molecule has 1 aliphatic heterocycles. The molecule has 0 aromatic heterocycles. The molecule has 0 unspecified atom stereocenters. The van der Waals surface area contributed by atoms with E-state index >= 15 is 0 Å². The maximum atomic E-state index is 11.8. The topological polar surface area (TPSA) is 49.4 Å². The van der Waals surface area contributed by atoms with E-state index in [1.165, 1.54) is 0 Å². The van der Waals surface area contributed by atoms with Crippen LogP contribution < -0.4 is 5.32 Å². The van der Waals surface area contributed by atoms with Gasteiger partial charge in [-0.1, -0.05) is 30.3 Å². The minimum Gasteiger partial charge on any atom is -0.352 e. The van der Waals surface area contributed by atoms with Crippen molar-refractivity contribution in [3.63, 3.8) is 0 Å². The first-order valence-electron chi connectivity index (χ1n) is 5.86. The zero-order valence-electron chi connectivity index (χ0n) is 9.93. The molecule has 4 nitrogen and oxygen atoms in total. The lowest BCUT2D eigenvalue weighted by molar-refractivity contribution is -0.141. The Balaban J connectivity index is 1.73. The zero-order valence-corrected chi connectivity index (χ0v) is 10.7. The van der Waals surface area contributed by atoms with Crippen molar-refractivity contribution in [2.75, 3.05) is 19.0 Å². The molecule has 1 saturated heterocycles. The van der Waals surface area contributed by atoms with Crippen LogP contribution in [0.15, 0.2) is 30.3 Å².